The highest BCUT2D eigenvalue weighted by atomic mass is 35.5. The van der Waals surface area contributed by atoms with Crippen LogP contribution < -0.4 is 10.1 Å². The minimum absolute atomic E-state index is 0.00213. The van der Waals surface area contributed by atoms with Gasteiger partial charge in [-0.3, -0.25) is 4.79 Å². The van der Waals surface area contributed by atoms with Crippen molar-refractivity contribution in [3.63, 3.8) is 0 Å². The van der Waals surface area contributed by atoms with E-state index in [0.717, 1.165) is 39.0 Å². The third-order valence-electron chi connectivity index (χ3n) is 3.26. The van der Waals surface area contributed by atoms with E-state index in [0.29, 0.717) is 22.9 Å². The van der Waals surface area contributed by atoms with E-state index < -0.39 is 0 Å². The van der Waals surface area contributed by atoms with E-state index in [1.807, 2.05) is 11.8 Å². The van der Waals surface area contributed by atoms with Gasteiger partial charge < -0.3 is 15.0 Å². The van der Waals surface area contributed by atoms with E-state index in [9.17, 15) is 4.79 Å². The molecule has 1 saturated heterocycles. The lowest BCUT2D eigenvalue weighted by molar-refractivity contribution is 0.0762. The molecular formula is C15H21ClN2O2. The summed E-state index contributed by atoms with van der Waals surface area (Å²) < 4.78 is 5.66. The number of hydrogen-bond acceptors (Lipinski definition) is 3. The zero-order valence-corrected chi connectivity index (χ0v) is 12.6. The minimum atomic E-state index is 0.00213. The van der Waals surface area contributed by atoms with E-state index in [1.54, 1.807) is 18.2 Å². The van der Waals surface area contributed by atoms with Crippen LogP contribution >= 0.6 is 11.6 Å². The molecule has 5 heteroatoms. The maximum absolute atomic E-state index is 12.6. The maximum atomic E-state index is 12.6. The Balaban J connectivity index is 2.20. The molecule has 1 heterocycles. The fourth-order valence-corrected chi connectivity index (χ4v) is 2.40. The Kier molecular flexibility index (Phi) is 5.68. The Labute approximate surface area is 125 Å². The second kappa shape index (κ2) is 7.50. The molecule has 0 aromatic heterocycles. The second-order valence-corrected chi connectivity index (χ2v) is 5.32. The first-order valence-corrected chi connectivity index (χ1v) is 7.52. The van der Waals surface area contributed by atoms with Gasteiger partial charge in [0.15, 0.2) is 0 Å². The lowest BCUT2D eigenvalue weighted by atomic mass is 10.1. The molecule has 0 bridgehead atoms. The molecule has 1 amide bonds. The van der Waals surface area contributed by atoms with Crippen molar-refractivity contribution in [1.82, 2.24) is 10.2 Å². The molecule has 1 aromatic rings. The van der Waals surface area contributed by atoms with Crippen LogP contribution in [0.1, 0.15) is 30.1 Å². The average molecular weight is 297 g/mol. The summed E-state index contributed by atoms with van der Waals surface area (Å²) in [5.41, 5.74) is 0.563. The summed E-state index contributed by atoms with van der Waals surface area (Å²) in [6.45, 7) is 5.92. The van der Waals surface area contributed by atoms with Gasteiger partial charge in [-0.05, 0) is 37.6 Å². The fraction of sp³-hybridized carbons (Fsp3) is 0.533. The smallest absolute Gasteiger partial charge is 0.257 e. The summed E-state index contributed by atoms with van der Waals surface area (Å²) in [6, 6.07) is 5.24. The standard InChI is InChI=1S/C15H21ClN2O2/c1-2-10-20-14-5-4-12(16)11-13(14)15(19)18-8-3-6-17-7-9-18/h4-5,11,17H,2-3,6-10H2,1H3. The molecule has 0 saturated carbocycles. The summed E-state index contributed by atoms with van der Waals surface area (Å²) >= 11 is 6.03. The predicted octanol–water partition coefficient (Wildman–Crippen LogP) is 2.56. The lowest BCUT2D eigenvalue weighted by Crippen LogP contribution is -2.34. The molecule has 1 aliphatic heterocycles. The number of ether oxygens (including phenoxy) is 1. The minimum Gasteiger partial charge on any atom is -0.493 e. The highest BCUT2D eigenvalue weighted by Crippen LogP contribution is 2.25. The number of hydrogen-bond donors (Lipinski definition) is 1. The number of rotatable bonds is 4. The van der Waals surface area contributed by atoms with Gasteiger partial charge in [-0.25, -0.2) is 0 Å². The SMILES string of the molecule is CCCOc1ccc(Cl)cc1C(=O)N1CCCNCC1. The number of halogens is 1. The van der Waals surface area contributed by atoms with E-state index in [1.165, 1.54) is 0 Å². The van der Waals surface area contributed by atoms with E-state index in [2.05, 4.69) is 5.32 Å². The van der Waals surface area contributed by atoms with Crippen molar-refractivity contribution >= 4 is 17.5 Å². The Morgan fingerprint density at radius 2 is 2.25 bits per heavy atom. The average Bonchev–Trinajstić information content (AvgIpc) is 2.74. The van der Waals surface area contributed by atoms with Crippen molar-refractivity contribution in [2.75, 3.05) is 32.8 Å². The van der Waals surface area contributed by atoms with Crippen LogP contribution in [0.4, 0.5) is 0 Å². The third-order valence-corrected chi connectivity index (χ3v) is 3.50. The monoisotopic (exact) mass is 296 g/mol. The third kappa shape index (κ3) is 3.87. The largest absolute Gasteiger partial charge is 0.493 e. The molecule has 1 aliphatic rings. The molecule has 0 aliphatic carbocycles. The summed E-state index contributed by atoms with van der Waals surface area (Å²) in [6.07, 6.45) is 1.88. The fourth-order valence-electron chi connectivity index (χ4n) is 2.23. The van der Waals surface area contributed by atoms with Crippen LogP contribution in [0.25, 0.3) is 0 Å². The van der Waals surface area contributed by atoms with Gasteiger partial charge in [0, 0.05) is 24.7 Å². The summed E-state index contributed by atoms with van der Waals surface area (Å²) in [7, 11) is 0. The van der Waals surface area contributed by atoms with Crippen LogP contribution in [0.5, 0.6) is 5.75 Å². The van der Waals surface area contributed by atoms with Gasteiger partial charge in [0.25, 0.3) is 5.91 Å². The molecule has 110 valence electrons. The molecule has 20 heavy (non-hydrogen) atoms. The molecule has 1 aromatic carbocycles. The van der Waals surface area contributed by atoms with Gasteiger partial charge >= 0.3 is 0 Å². The zero-order chi connectivity index (χ0) is 14.4. The molecular weight excluding hydrogens is 276 g/mol. The number of amides is 1. The Morgan fingerprint density at radius 3 is 3.05 bits per heavy atom. The maximum Gasteiger partial charge on any atom is 0.257 e. The van der Waals surface area contributed by atoms with Crippen molar-refractivity contribution in [2.45, 2.75) is 19.8 Å². The van der Waals surface area contributed by atoms with E-state index >= 15 is 0 Å². The van der Waals surface area contributed by atoms with Crippen molar-refractivity contribution < 1.29 is 9.53 Å². The van der Waals surface area contributed by atoms with Crippen molar-refractivity contribution in [3.8, 4) is 5.75 Å². The van der Waals surface area contributed by atoms with Gasteiger partial charge in [-0.15, -0.1) is 0 Å². The molecule has 0 unspecified atom stereocenters. The van der Waals surface area contributed by atoms with Crippen LogP contribution in [0.2, 0.25) is 5.02 Å². The quantitative estimate of drug-likeness (QED) is 0.928. The molecule has 0 atom stereocenters. The predicted molar refractivity (Wildman–Crippen MR) is 80.6 cm³/mol. The van der Waals surface area contributed by atoms with Gasteiger partial charge in [0.05, 0.1) is 12.2 Å². The Bertz CT molecular complexity index is 457. The number of nitrogens with zero attached hydrogens (tertiary/aromatic N) is 1. The first-order chi connectivity index (χ1) is 9.72. The number of carbonyl (C=O) groups excluding carboxylic acids is 1. The molecule has 0 radical (unpaired) electrons. The molecule has 4 nitrogen and oxygen atoms in total. The Hall–Kier alpha value is -1.26. The lowest BCUT2D eigenvalue weighted by Gasteiger charge is -2.21. The van der Waals surface area contributed by atoms with E-state index in [4.69, 9.17) is 16.3 Å². The van der Waals surface area contributed by atoms with Crippen molar-refractivity contribution in [2.24, 2.45) is 0 Å². The van der Waals surface area contributed by atoms with Crippen LogP contribution in [0.15, 0.2) is 18.2 Å². The molecule has 0 spiro atoms. The van der Waals surface area contributed by atoms with E-state index in [-0.39, 0.29) is 5.91 Å². The normalized spacial score (nSPS) is 15.8. The van der Waals surface area contributed by atoms with Crippen LogP contribution in [0, 0.1) is 0 Å². The van der Waals surface area contributed by atoms with Gasteiger partial charge in [-0.1, -0.05) is 18.5 Å². The van der Waals surface area contributed by atoms with Crippen LogP contribution in [-0.2, 0) is 0 Å². The van der Waals surface area contributed by atoms with Crippen molar-refractivity contribution in [3.05, 3.63) is 28.8 Å². The van der Waals surface area contributed by atoms with Crippen LogP contribution in [-0.4, -0.2) is 43.6 Å². The first kappa shape index (κ1) is 15.1. The zero-order valence-electron chi connectivity index (χ0n) is 11.8. The highest BCUT2D eigenvalue weighted by molar-refractivity contribution is 6.31. The summed E-state index contributed by atoms with van der Waals surface area (Å²) in [5, 5.41) is 3.85. The van der Waals surface area contributed by atoms with Crippen LogP contribution in [0.3, 0.4) is 0 Å². The number of carbonyl (C=O) groups is 1. The summed E-state index contributed by atoms with van der Waals surface area (Å²) in [4.78, 5) is 14.5. The molecule has 1 N–H and O–H groups in total. The first-order valence-electron chi connectivity index (χ1n) is 7.14. The van der Waals surface area contributed by atoms with Crippen molar-refractivity contribution in [1.29, 1.82) is 0 Å². The second-order valence-electron chi connectivity index (χ2n) is 4.88. The van der Waals surface area contributed by atoms with Gasteiger partial charge in [0.1, 0.15) is 5.75 Å². The number of nitrogens with one attached hydrogen (secondary N) is 1. The van der Waals surface area contributed by atoms with Gasteiger partial charge in [-0.2, -0.15) is 0 Å². The van der Waals surface area contributed by atoms with Gasteiger partial charge in [0.2, 0.25) is 0 Å². The molecule has 1 fully saturated rings. The Morgan fingerprint density at radius 1 is 1.40 bits per heavy atom. The number of benzene rings is 1. The summed E-state index contributed by atoms with van der Waals surface area (Å²) in [5.74, 6) is 0.626. The highest BCUT2D eigenvalue weighted by Gasteiger charge is 2.21. The topological polar surface area (TPSA) is 41.6 Å². The molecule has 2 rings (SSSR count).